The third-order valence-electron chi connectivity index (χ3n) is 4.88. The lowest BCUT2D eigenvalue weighted by molar-refractivity contribution is -0.116. The number of hydrogen-bond acceptors (Lipinski definition) is 5. The zero-order chi connectivity index (χ0) is 24.6. The van der Waals surface area contributed by atoms with Gasteiger partial charge in [-0.15, -0.1) is 0 Å². The van der Waals surface area contributed by atoms with Crippen LogP contribution in [0.1, 0.15) is 28.8 Å². The van der Waals surface area contributed by atoms with Crippen molar-refractivity contribution in [3.8, 4) is 0 Å². The van der Waals surface area contributed by atoms with Gasteiger partial charge in [-0.25, -0.2) is 8.42 Å². The number of amides is 2. The van der Waals surface area contributed by atoms with Crippen LogP contribution in [0, 0.1) is 0 Å². The number of aromatic nitrogens is 1. The molecule has 0 bridgehead atoms. The van der Waals surface area contributed by atoms with E-state index in [0.717, 1.165) is 11.8 Å². The van der Waals surface area contributed by atoms with Gasteiger partial charge in [0, 0.05) is 36.9 Å². The van der Waals surface area contributed by atoms with E-state index < -0.39 is 10.0 Å². The summed E-state index contributed by atoms with van der Waals surface area (Å²) < 4.78 is 25.7. The second-order valence-electron chi connectivity index (χ2n) is 7.56. The Balaban J connectivity index is 1.59. The van der Waals surface area contributed by atoms with E-state index in [1.807, 2.05) is 6.07 Å². The summed E-state index contributed by atoms with van der Waals surface area (Å²) >= 11 is 5.99. The number of para-hydroxylation sites is 1. The fourth-order valence-corrected chi connectivity index (χ4v) is 4.43. The van der Waals surface area contributed by atoms with Crippen molar-refractivity contribution in [1.29, 1.82) is 0 Å². The molecule has 10 heteroatoms. The first kappa shape index (κ1) is 25.2. The molecule has 2 amide bonds. The Hall–Kier alpha value is -3.43. The monoisotopic (exact) mass is 500 g/mol. The summed E-state index contributed by atoms with van der Waals surface area (Å²) in [6, 6.07) is 16.9. The SMILES string of the molecule is CS(=O)(=O)N(CCCC(=O)Nc1ccccc1C(=O)NCc1cccnc1)c1cccc(Cl)c1. The number of rotatable bonds is 10. The number of halogens is 1. The standard InChI is InChI=1S/C24H25ClN4O4S/c1-34(32,33)29(20-9-4-8-19(25)15-20)14-6-12-23(30)28-22-11-3-2-10-21(22)24(31)27-17-18-7-5-13-26-16-18/h2-5,7-11,13,15-16H,6,12,14,17H2,1H3,(H,27,31)(H,28,30). The number of anilines is 2. The van der Waals surface area contributed by atoms with Gasteiger partial charge in [-0.05, 0) is 48.4 Å². The van der Waals surface area contributed by atoms with Crippen molar-refractivity contribution < 1.29 is 18.0 Å². The predicted molar refractivity (Wildman–Crippen MR) is 133 cm³/mol. The third kappa shape index (κ3) is 7.29. The van der Waals surface area contributed by atoms with Crippen LogP contribution in [0.3, 0.4) is 0 Å². The van der Waals surface area contributed by atoms with Crippen molar-refractivity contribution in [1.82, 2.24) is 10.3 Å². The van der Waals surface area contributed by atoms with E-state index >= 15 is 0 Å². The number of pyridine rings is 1. The van der Waals surface area contributed by atoms with Gasteiger partial charge in [0.1, 0.15) is 0 Å². The molecule has 0 spiro atoms. The molecule has 178 valence electrons. The summed E-state index contributed by atoms with van der Waals surface area (Å²) in [6.45, 7) is 0.416. The van der Waals surface area contributed by atoms with Crippen molar-refractivity contribution in [2.45, 2.75) is 19.4 Å². The maximum atomic E-state index is 12.7. The van der Waals surface area contributed by atoms with Crippen LogP contribution < -0.4 is 14.9 Å². The van der Waals surface area contributed by atoms with E-state index in [-0.39, 0.29) is 31.2 Å². The van der Waals surface area contributed by atoms with Crippen molar-refractivity contribution in [2.75, 3.05) is 22.4 Å². The highest BCUT2D eigenvalue weighted by molar-refractivity contribution is 7.92. The molecule has 0 saturated carbocycles. The van der Waals surface area contributed by atoms with Gasteiger partial charge in [0.25, 0.3) is 5.91 Å². The molecular weight excluding hydrogens is 476 g/mol. The van der Waals surface area contributed by atoms with Gasteiger partial charge in [0.15, 0.2) is 0 Å². The predicted octanol–water partition coefficient (Wildman–Crippen LogP) is 3.85. The molecule has 1 aromatic heterocycles. The minimum atomic E-state index is -3.55. The molecule has 0 saturated heterocycles. The van der Waals surface area contributed by atoms with E-state index in [1.54, 1.807) is 67.0 Å². The number of nitrogens with zero attached hydrogens (tertiary/aromatic N) is 2. The van der Waals surface area contributed by atoms with Gasteiger partial charge in [0.05, 0.1) is 23.2 Å². The molecule has 3 rings (SSSR count). The molecule has 0 radical (unpaired) electrons. The Morgan fingerprint density at radius 2 is 1.85 bits per heavy atom. The largest absolute Gasteiger partial charge is 0.348 e. The number of carbonyl (C=O) groups is 2. The third-order valence-corrected chi connectivity index (χ3v) is 6.31. The van der Waals surface area contributed by atoms with Crippen LogP contribution in [-0.4, -0.2) is 38.0 Å². The van der Waals surface area contributed by atoms with Gasteiger partial charge < -0.3 is 10.6 Å². The zero-order valence-electron chi connectivity index (χ0n) is 18.6. The molecule has 0 atom stereocenters. The van der Waals surface area contributed by atoms with Crippen molar-refractivity contribution in [3.63, 3.8) is 0 Å². The Bertz CT molecular complexity index is 1250. The molecule has 2 aromatic carbocycles. The Morgan fingerprint density at radius 3 is 2.56 bits per heavy atom. The number of benzene rings is 2. The van der Waals surface area contributed by atoms with Crippen LogP contribution >= 0.6 is 11.6 Å². The number of carbonyl (C=O) groups excluding carboxylic acids is 2. The zero-order valence-corrected chi connectivity index (χ0v) is 20.1. The van der Waals surface area contributed by atoms with Crippen LogP contribution in [0.2, 0.25) is 5.02 Å². The molecule has 0 fully saturated rings. The molecule has 8 nitrogen and oxygen atoms in total. The smallest absolute Gasteiger partial charge is 0.253 e. The Labute approximate surface area is 204 Å². The molecule has 0 aliphatic heterocycles. The molecule has 1 heterocycles. The average Bonchev–Trinajstić information content (AvgIpc) is 2.80. The van der Waals surface area contributed by atoms with Crippen LogP contribution in [0.25, 0.3) is 0 Å². The minimum Gasteiger partial charge on any atom is -0.348 e. The Kier molecular flexibility index (Phi) is 8.61. The lowest BCUT2D eigenvalue weighted by Crippen LogP contribution is -2.31. The topological polar surface area (TPSA) is 108 Å². The van der Waals surface area contributed by atoms with E-state index in [0.29, 0.717) is 28.5 Å². The van der Waals surface area contributed by atoms with Crippen molar-refractivity contribution >= 4 is 44.8 Å². The first-order valence-electron chi connectivity index (χ1n) is 10.5. The molecule has 0 aliphatic rings. The Morgan fingerprint density at radius 1 is 1.06 bits per heavy atom. The van der Waals surface area contributed by atoms with Gasteiger partial charge in [0.2, 0.25) is 15.9 Å². The van der Waals surface area contributed by atoms with Crippen LogP contribution in [0.4, 0.5) is 11.4 Å². The highest BCUT2D eigenvalue weighted by Crippen LogP contribution is 2.22. The van der Waals surface area contributed by atoms with Gasteiger partial charge in [-0.2, -0.15) is 0 Å². The number of nitrogens with one attached hydrogen (secondary N) is 2. The van der Waals surface area contributed by atoms with E-state index in [9.17, 15) is 18.0 Å². The first-order chi connectivity index (χ1) is 16.2. The summed E-state index contributed by atoms with van der Waals surface area (Å²) in [5.74, 6) is -0.656. The quantitative estimate of drug-likeness (QED) is 0.439. The van der Waals surface area contributed by atoms with E-state index in [2.05, 4.69) is 15.6 Å². The number of sulfonamides is 1. The maximum Gasteiger partial charge on any atom is 0.253 e. The maximum absolute atomic E-state index is 12.7. The molecular formula is C24H25ClN4O4S. The lowest BCUT2D eigenvalue weighted by Gasteiger charge is -2.22. The van der Waals surface area contributed by atoms with Crippen molar-refractivity contribution in [3.05, 3.63) is 89.2 Å². The highest BCUT2D eigenvalue weighted by Gasteiger charge is 2.18. The van der Waals surface area contributed by atoms with E-state index in [1.165, 1.54) is 4.31 Å². The highest BCUT2D eigenvalue weighted by atomic mass is 35.5. The summed E-state index contributed by atoms with van der Waals surface area (Å²) in [5.41, 5.74) is 2.00. The molecule has 0 unspecified atom stereocenters. The normalized spacial score (nSPS) is 11.0. The average molecular weight is 501 g/mol. The van der Waals surface area contributed by atoms with E-state index in [4.69, 9.17) is 11.6 Å². The summed E-state index contributed by atoms with van der Waals surface area (Å²) in [5, 5.41) is 5.98. The van der Waals surface area contributed by atoms with Crippen LogP contribution in [0.5, 0.6) is 0 Å². The van der Waals surface area contributed by atoms with Gasteiger partial charge in [-0.1, -0.05) is 35.9 Å². The first-order valence-corrected chi connectivity index (χ1v) is 12.8. The van der Waals surface area contributed by atoms with Crippen LogP contribution in [-0.2, 0) is 21.4 Å². The molecule has 34 heavy (non-hydrogen) atoms. The second-order valence-corrected chi connectivity index (χ2v) is 9.90. The van der Waals surface area contributed by atoms with Crippen molar-refractivity contribution in [2.24, 2.45) is 0 Å². The lowest BCUT2D eigenvalue weighted by atomic mass is 10.1. The molecule has 3 aromatic rings. The molecule has 2 N–H and O–H groups in total. The van der Waals surface area contributed by atoms with Gasteiger partial charge in [-0.3, -0.25) is 18.9 Å². The second kappa shape index (κ2) is 11.6. The van der Waals surface area contributed by atoms with Crippen LogP contribution in [0.15, 0.2) is 73.1 Å². The fourth-order valence-electron chi connectivity index (χ4n) is 3.28. The summed E-state index contributed by atoms with van der Waals surface area (Å²) in [4.78, 5) is 29.2. The fraction of sp³-hybridized carbons (Fsp3) is 0.208. The number of hydrogen-bond donors (Lipinski definition) is 2. The minimum absolute atomic E-state index is 0.0677. The van der Waals surface area contributed by atoms with Gasteiger partial charge >= 0.3 is 0 Å². The molecule has 0 aliphatic carbocycles. The summed E-state index contributed by atoms with van der Waals surface area (Å²) in [7, 11) is -3.55. The summed E-state index contributed by atoms with van der Waals surface area (Å²) in [6.07, 6.45) is 4.77.